The fourth-order valence-corrected chi connectivity index (χ4v) is 5.86. The van der Waals surface area contributed by atoms with Gasteiger partial charge in [-0.1, -0.05) is 17.7 Å². The van der Waals surface area contributed by atoms with Crippen molar-refractivity contribution in [3.8, 4) is 11.9 Å². The molecule has 1 aromatic carbocycles. The molecule has 0 bridgehead atoms. The molecule has 0 spiro atoms. The molecule has 0 radical (unpaired) electrons. The second kappa shape index (κ2) is 8.03. The predicted molar refractivity (Wildman–Crippen MR) is 115 cm³/mol. The first-order valence-electron chi connectivity index (χ1n) is 10.9. The van der Waals surface area contributed by atoms with Gasteiger partial charge in [0.05, 0.1) is 11.2 Å². The van der Waals surface area contributed by atoms with E-state index >= 15 is 0 Å². The molecule has 31 heavy (non-hydrogen) atoms. The first-order valence-corrected chi connectivity index (χ1v) is 12.4. The highest BCUT2D eigenvalue weighted by atomic mass is 32.2. The number of nitrogens with zero attached hydrogens (tertiary/aromatic N) is 3. The van der Waals surface area contributed by atoms with Crippen LogP contribution < -0.4 is 14.2 Å². The van der Waals surface area contributed by atoms with Crippen molar-refractivity contribution in [2.75, 3.05) is 26.2 Å². The highest BCUT2D eigenvalue weighted by Crippen LogP contribution is 2.39. The molecular weight excluding hydrogens is 416 g/mol. The number of aromatic nitrogens is 2. The van der Waals surface area contributed by atoms with Crippen LogP contribution in [-0.2, 0) is 23.1 Å². The van der Waals surface area contributed by atoms with Crippen LogP contribution in [0.3, 0.4) is 0 Å². The van der Waals surface area contributed by atoms with Crippen LogP contribution in [0.25, 0.3) is 0 Å². The lowest BCUT2D eigenvalue weighted by Gasteiger charge is -2.31. The van der Waals surface area contributed by atoms with Gasteiger partial charge in [-0.25, -0.2) is 0 Å². The van der Waals surface area contributed by atoms with Crippen molar-refractivity contribution >= 4 is 10.1 Å². The minimum Gasteiger partial charge on any atom is -0.461 e. The second-order valence-corrected chi connectivity index (χ2v) is 10.3. The lowest BCUT2D eigenvalue weighted by atomic mass is 9.95. The Labute approximate surface area is 183 Å². The minimum atomic E-state index is -4.00. The van der Waals surface area contributed by atoms with E-state index in [0.29, 0.717) is 19.6 Å². The normalized spacial score (nSPS) is 20.3. The quantitative estimate of drug-likeness (QED) is 0.678. The van der Waals surface area contributed by atoms with Gasteiger partial charge in [-0.2, -0.15) is 18.4 Å². The molecule has 0 unspecified atom stereocenters. The van der Waals surface area contributed by atoms with E-state index in [-0.39, 0.29) is 22.3 Å². The molecule has 5 rings (SSSR count). The Morgan fingerprint density at radius 1 is 1.13 bits per heavy atom. The number of ether oxygens (including phenoxy) is 1. The maximum Gasteiger partial charge on any atom is 0.340 e. The Hall–Kier alpha value is -2.23. The van der Waals surface area contributed by atoms with Crippen molar-refractivity contribution < 1.29 is 17.3 Å². The van der Waals surface area contributed by atoms with Crippen LogP contribution in [0.4, 0.5) is 0 Å². The monoisotopic (exact) mass is 444 g/mol. The zero-order valence-corrected chi connectivity index (χ0v) is 18.6. The largest absolute Gasteiger partial charge is 0.461 e. The van der Waals surface area contributed by atoms with E-state index in [9.17, 15) is 8.42 Å². The van der Waals surface area contributed by atoms with Gasteiger partial charge in [0.25, 0.3) is 0 Å². The van der Waals surface area contributed by atoms with Crippen molar-refractivity contribution in [2.24, 2.45) is 0 Å². The van der Waals surface area contributed by atoms with Crippen molar-refractivity contribution in [2.45, 2.75) is 56.0 Å². The molecule has 1 aromatic heterocycles. The lowest BCUT2D eigenvalue weighted by molar-refractivity contribution is 0.107. The zero-order chi connectivity index (χ0) is 21.5. The van der Waals surface area contributed by atoms with E-state index in [1.54, 1.807) is 24.3 Å². The van der Waals surface area contributed by atoms with E-state index in [4.69, 9.17) is 8.92 Å². The number of nitrogens with one attached hydrogen (secondary N) is 1. The molecule has 4 heterocycles. The van der Waals surface area contributed by atoms with Crippen LogP contribution in [0.15, 0.2) is 29.2 Å². The molecule has 3 aliphatic rings. The van der Waals surface area contributed by atoms with Crippen molar-refractivity contribution in [3.63, 3.8) is 0 Å². The number of hydrogen-bond acceptors (Lipinski definition) is 8. The average molecular weight is 445 g/mol. The Balaban J connectivity index is 1.42. The smallest absolute Gasteiger partial charge is 0.340 e. The third kappa shape index (κ3) is 4.02. The SMILES string of the molecule is Cc1ccc(S(=O)(=O)Oc2nc(OCC34CCCN3CCC4)nc3c2CCNC3)cc1. The fourth-order valence-electron chi connectivity index (χ4n) is 4.95. The average Bonchev–Trinajstić information content (AvgIpc) is 3.33. The molecule has 2 saturated heterocycles. The predicted octanol–water partition coefficient (Wildman–Crippen LogP) is 2.21. The summed E-state index contributed by atoms with van der Waals surface area (Å²) in [4.78, 5) is 11.6. The molecule has 166 valence electrons. The Morgan fingerprint density at radius 2 is 1.87 bits per heavy atom. The number of aryl methyl sites for hydroxylation is 1. The summed E-state index contributed by atoms with van der Waals surface area (Å²) in [5, 5.41) is 3.27. The van der Waals surface area contributed by atoms with Gasteiger partial charge in [-0.05, 0) is 70.8 Å². The summed E-state index contributed by atoms with van der Waals surface area (Å²) in [6, 6.07) is 6.78. The van der Waals surface area contributed by atoms with Crippen molar-refractivity contribution in [1.82, 2.24) is 20.2 Å². The van der Waals surface area contributed by atoms with Crippen LogP contribution in [0, 0.1) is 6.92 Å². The van der Waals surface area contributed by atoms with Gasteiger partial charge in [-0.3, -0.25) is 4.90 Å². The van der Waals surface area contributed by atoms with Crippen molar-refractivity contribution in [1.29, 1.82) is 0 Å². The van der Waals surface area contributed by atoms with E-state index in [0.717, 1.165) is 49.3 Å². The summed E-state index contributed by atoms with van der Waals surface area (Å²) in [5.74, 6) is 0.0780. The highest BCUT2D eigenvalue weighted by Gasteiger charge is 2.45. The van der Waals surface area contributed by atoms with Crippen molar-refractivity contribution in [3.05, 3.63) is 41.1 Å². The molecule has 2 fully saturated rings. The number of hydrogen-bond donors (Lipinski definition) is 1. The molecule has 8 nitrogen and oxygen atoms in total. The highest BCUT2D eigenvalue weighted by molar-refractivity contribution is 7.87. The summed E-state index contributed by atoms with van der Waals surface area (Å²) in [6.45, 7) is 5.90. The van der Waals surface area contributed by atoms with Gasteiger partial charge < -0.3 is 14.2 Å². The first-order chi connectivity index (χ1) is 15.0. The first kappa shape index (κ1) is 20.7. The lowest BCUT2D eigenvalue weighted by Crippen LogP contribution is -2.43. The topological polar surface area (TPSA) is 93.7 Å². The molecule has 1 N–H and O–H groups in total. The van der Waals surface area contributed by atoms with Gasteiger partial charge >= 0.3 is 16.1 Å². The maximum atomic E-state index is 12.9. The van der Waals surface area contributed by atoms with Crippen LogP contribution in [0.1, 0.15) is 42.5 Å². The van der Waals surface area contributed by atoms with Crippen LogP contribution in [0.2, 0.25) is 0 Å². The number of rotatable bonds is 6. The van der Waals surface area contributed by atoms with Gasteiger partial charge in [-0.15, -0.1) is 0 Å². The molecule has 3 aliphatic heterocycles. The summed E-state index contributed by atoms with van der Waals surface area (Å²) in [6.07, 6.45) is 5.20. The van der Waals surface area contributed by atoms with E-state index in [2.05, 4.69) is 20.2 Å². The van der Waals surface area contributed by atoms with Crippen LogP contribution in [-0.4, -0.2) is 55.1 Å². The summed E-state index contributed by atoms with van der Waals surface area (Å²) in [7, 11) is -4.00. The fraction of sp³-hybridized carbons (Fsp3) is 0.545. The minimum absolute atomic E-state index is 0.0620. The van der Waals surface area contributed by atoms with Crippen LogP contribution >= 0.6 is 0 Å². The number of benzene rings is 1. The Morgan fingerprint density at radius 3 is 2.61 bits per heavy atom. The third-order valence-corrected chi connectivity index (χ3v) is 7.88. The van der Waals surface area contributed by atoms with Gasteiger partial charge in [0.1, 0.15) is 11.5 Å². The molecule has 0 atom stereocenters. The Kier molecular flexibility index (Phi) is 5.35. The maximum absolute atomic E-state index is 12.9. The molecule has 9 heteroatoms. The molecular formula is C22H28N4O4S. The standard InChI is InChI=1S/C22H28N4O4S/c1-16-4-6-17(7-5-16)31(27,28)30-20-18-8-11-23-14-19(18)24-21(25-20)29-15-22-9-2-12-26(22)13-3-10-22/h4-7,23H,2-3,8-15H2,1H3. The zero-order valence-electron chi connectivity index (χ0n) is 17.8. The number of fused-ring (bicyclic) bond motifs is 2. The second-order valence-electron chi connectivity index (χ2n) is 8.72. The summed E-state index contributed by atoms with van der Waals surface area (Å²) >= 11 is 0. The third-order valence-electron chi connectivity index (χ3n) is 6.66. The van der Waals surface area contributed by atoms with Gasteiger partial charge in [0.15, 0.2) is 0 Å². The summed E-state index contributed by atoms with van der Waals surface area (Å²) in [5.41, 5.74) is 2.50. The Bertz CT molecular complexity index is 1060. The van der Waals surface area contributed by atoms with E-state index < -0.39 is 10.1 Å². The summed E-state index contributed by atoms with van der Waals surface area (Å²) < 4.78 is 37.4. The molecule has 0 amide bonds. The van der Waals surface area contributed by atoms with E-state index in [1.165, 1.54) is 12.8 Å². The molecule has 0 aliphatic carbocycles. The molecule has 2 aromatic rings. The van der Waals surface area contributed by atoms with E-state index in [1.807, 2.05) is 6.92 Å². The van der Waals surface area contributed by atoms with Crippen LogP contribution in [0.5, 0.6) is 11.9 Å². The van der Waals surface area contributed by atoms with Gasteiger partial charge in [0.2, 0.25) is 5.88 Å². The van der Waals surface area contributed by atoms with Gasteiger partial charge in [0, 0.05) is 12.1 Å². The molecule has 0 saturated carbocycles.